The summed E-state index contributed by atoms with van der Waals surface area (Å²) in [5.41, 5.74) is 0.703. The zero-order chi connectivity index (χ0) is 12.4. The average Bonchev–Trinajstić information content (AvgIpc) is 3.01. The Morgan fingerprint density at radius 2 is 2.39 bits per heavy atom. The van der Waals surface area contributed by atoms with E-state index in [4.69, 9.17) is 4.52 Å². The molecule has 0 aromatic carbocycles. The number of aromatic nitrogens is 3. The predicted octanol–water partition coefficient (Wildman–Crippen LogP) is 0.698. The van der Waals surface area contributed by atoms with Gasteiger partial charge in [-0.1, -0.05) is 11.2 Å². The van der Waals surface area contributed by atoms with Gasteiger partial charge in [-0.3, -0.25) is 9.88 Å². The van der Waals surface area contributed by atoms with Crippen LogP contribution in [0, 0.1) is 0 Å². The van der Waals surface area contributed by atoms with E-state index in [0.717, 1.165) is 13.0 Å². The van der Waals surface area contributed by atoms with E-state index in [1.807, 2.05) is 18.2 Å². The molecule has 1 aliphatic heterocycles. The van der Waals surface area contributed by atoms with Gasteiger partial charge in [0.2, 0.25) is 11.7 Å². The van der Waals surface area contributed by atoms with Crippen molar-refractivity contribution in [1.82, 2.24) is 20.0 Å². The SMILES string of the molecule is O[C@@H]1CCN(Cc2nc(-c3ccccn3)no2)C1. The molecule has 6 nitrogen and oxygen atoms in total. The number of nitrogens with zero attached hydrogens (tertiary/aromatic N) is 4. The van der Waals surface area contributed by atoms with Crippen molar-refractivity contribution in [3.63, 3.8) is 0 Å². The summed E-state index contributed by atoms with van der Waals surface area (Å²) in [5.74, 6) is 1.06. The number of β-amino-alcohol motifs (C(OH)–C–C–N with tert-alkyl or cyclic N) is 1. The lowest BCUT2D eigenvalue weighted by Crippen LogP contribution is -2.21. The minimum Gasteiger partial charge on any atom is -0.392 e. The third kappa shape index (κ3) is 2.39. The maximum Gasteiger partial charge on any atom is 0.241 e. The van der Waals surface area contributed by atoms with Gasteiger partial charge in [-0.2, -0.15) is 4.98 Å². The van der Waals surface area contributed by atoms with Gasteiger partial charge in [-0.25, -0.2) is 0 Å². The average molecular weight is 246 g/mol. The first kappa shape index (κ1) is 11.3. The minimum absolute atomic E-state index is 0.233. The molecular weight excluding hydrogens is 232 g/mol. The van der Waals surface area contributed by atoms with Crippen molar-refractivity contribution in [2.24, 2.45) is 0 Å². The van der Waals surface area contributed by atoms with Crippen LogP contribution in [-0.4, -0.2) is 44.3 Å². The Morgan fingerprint density at radius 3 is 3.11 bits per heavy atom. The van der Waals surface area contributed by atoms with E-state index < -0.39 is 0 Å². The van der Waals surface area contributed by atoms with Crippen LogP contribution in [0.3, 0.4) is 0 Å². The molecule has 0 spiro atoms. The van der Waals surface area contributed by atoms with E-state index in [1.54, 1.807) is 6.20 Å². The summed E-state index contributed by atoms with van der Waals surface area (Å²) < 4.78 is 5.19. The summed E-state index contributed by atoms with van der Waals surface area (Å²) in [6.45, 7) is 2.11. The Labute approximate surface area is 104 Å². The molecule has 1 N–H and O–H groups in total. The van der Waals surface area contributed by atoms with Gasteiger partial charge in [0, 0.05) is 19.3 Å². The molecule has 1 aliphatic rings. The number of likely N-dealkylation sites (tertiary alicyclic amines) is 1. The Bertz CT molecular complexity index is 514. The zero-order valence-electron chi connectivity index (χ0n) is 9.86. The number of hydrogen-bond acceptors (Lipinski definition) is 6. The highest BCUT2D eigenvalue weighted by atomic mass is 16.5. The molecule has 3 heterocycles. The molecule has 0 saturated carbocycles. The van der Waals surface area contributed by atoms with Crippen LogP contribution in [0.4, 0.5) is 0 Å². The van der Waals surface area contributed by atoms with Gasteiger partial charge < -0.3 is 9.63 Å². The number of aliphatic hydroxyl groups excluding tert-OH is 1. The van der Waals surface area contributed by atoms with Gasteiger partial charge in [0.25, 0.3) is 0 Å². The Hall–Kier alpha value is -1.79. The number of rotatable bonds is 3. The quantitative estimate of drug-likeness (QED) is 0.859. The molecule has 94 valence electrons. The van der Waals surface area contributed by atoms with Crippen molar-refractivity contribution in [2.45, 2.75) is 19.1 Å². The maximum absolute atomic E-state index is 9.44. The summed E-state index contributed by atoms with van der Waals surface area (Å²) in [4.78, 5) is 10.6. The van der Waals surface area contributed by atoms with Crippen LogP contribution in [0.2, 0.25) is 0 Å². The molecule has 3 rings (SSSR count). The Morgan fingerprint density at radius 1 is 1.44 bits per heavy atom. The molecule has 2 aromatic heterocycles. The van der Waals surface area contributed by atoms with E-state index in [9.17, 15) is 5.11 Å². The molecule has 0 bridgehead atoms. The third-order valence-corrected chi connectivity index (χ3v) is 2.97. The van der Waals surface area contributed by atoms with E-state index in [0.29, 0.717) is 30.5 Å². The first-order valence-corrected chi connectivity index (χ1v) is 5.95. The molecule has 0 radical (unpaired) electrons. The van der Waals surface area contributed by atoms with E-state index in [2.05, 4.69) is 20.0 Å². The Balaban J connectivity index is 1.70. The predicted molar refractivity (Wildman–Crippen MR) is 63.4 cm³/mol. The zero-order valence-corrected chi connectivity index (χ0v) is 9.86. The van der Waals surface area contributed by atoms with E-state index in [1.165, 1.54) is 0 Å². The first-order valence-electron chi connectivity index (χ1n) is 5.95. The second-order valence-electron chi connectivity index (χ2n) is 4.40. The van der Waals surface area contributed by atoms with Crippen molar-refractivity contribution in [2.75, 3.05) is 13.1 Å². The van der Waals surface area contributed by atoms with E-state index in [-0.39, 0.29) is 6.10 Å². The molecule has 1 atom stereocenters. The fourth-order valence-corrected chi connectivity index (χ4v) is 2.07. The molecule has 6 heteroatoms. The van der Waals surface area contributed by atoms with Crippen LogP contribution in [0.15, 0.2) is 28.9 Å². The summed E-state index contributed by atoms with van der Waals surface area (Å²) in [5, 5.41) is 13.4. The highest BCUT2D eigenvalue weighted by Crippen LogP contribution is 2.15. The molecule has 1 saturated heterocycles. The molecule has 18 heavy (non-hydrogen) atoms. The highest BCUT2D eigenvalue weighted by molar-refractivity contribution is 5.46. The topological polar surface area (TPSA) is 75.3 Å². The standard InChI is InChI=1S/C12H14N4O2/c17-9-4-6-16(7-9)8-11-14-12(15-18-11)10-3-1-2-5-13-10/h1-3,5,9,17H,4,6-8H2/t9-/m1/s1. The molecule has 0 aliphatic carbocycles. The largest absolute Gasteiger partial charge is 0.392 e. The number of pyridine rings is 1. The number of hydrogen-bond donors (Lipinski definition) is 1. The molecule has 2 aromatic rings. The molecular formula is C12H14N4O2. The van der Waals surface area contributed by atoms with Crippen molar-refractivity contribution in [3.8, 4) is 11.5 Å². The fraction of sp³-hybridized carbons (Fsp3) is 0.417. The second kappa shape index (κ2) is 4.83. The van der Waals surface area contributed by atoms with Gasteiger partial charge in [0.05, 0.1) is 12.6 Å². The molecule has 0 unspecified atom stereocenters. The normalized spacial score (nSPS) is 20.4. The van der Waals surface area contributed by atoms with Crippen LogP contribution in [0.25, 0.3) is 11.5 Å². The van der Waals surface area contributed by atoms with Gasteiger partial charge in [0.1, 0.15) is 5.69 Å². The van der Waals surface area contributed by atoms with E-state index >= 15 is 0 Å². The summed E-state index contributed by atoms with van der Waals surface area (Å²) >= 11 is 0. The summed E-state index contributed by atoms with van der Waals surface area (Å²) in [6.07, 6.45) is 2.27. The van der Waals surface area contributed by atoms with Gasteiger partial charge in [-0.15, -0.1) is 0 Å². The lowest BCUT2D eigenvalue weighted by Gasteiger charge is -2.10. The van der Waals surface area contributed by atoms with Gasteiger partial charge in [0.15, 0.2) is 0 Å². The first-order chi connectivity index (χ1) is 8.81. The lowest BCUT2D eigenvalue weighted by molar-refractivity contribution is 0.169. The van der Waals surface area contributed by atoms with Crippen molar-refractivity contribution < 1.29 is 9.63 Å². The lowest BCUT2D eigenvalue weighted by atomic mass is 10.3. The third-order valence-electron chi connectivity index (χ3n) is 2.97. The Kier molecular flexibility index (Phi) is 3.04. The second-order valence-corrected chi connectivity index (χ2v) is 4.40. The minimum atomic E-state index is -0.233. The maximum atomic E-state index is 9.44. The van der Waals surface area contributed by atoms with Crippen LogP contribution >= 0.6 is 0 Å². The van der Waals surface area contributed by atoms with Gasteiger partial charge >= 0.3 is 0 Å². The number of aliphatic hydroxyl groups is 1. The van der Waals surface area contributed by atoms with Crippen LogP contribution in [0.5, 0.6) is 0 Å². The van der Waals surface area contributed by atoms with Crippen LogP contribution < -0.4 is 0 Å². The molecule has 0 amide bonds. The van der Waals surface area contributed by atoms with Crippen LogP contribution in [0.1, 0.15) is 12.3 Å². The van der Waals surface area contributed by atoms with Crippen molar-refractivity contribution in [1.29, 1.82) is 0 Å². The van der Waals surface area contributed by atoms with Crippen molar-refractivity contribution >= 4 is 0 Å². The fourth-order valence-electron chi connectivity index (χ4n) is 2.07. The van der Waals surface area contributed by atoms with Crippen LogP contribution in [-0.2, 0) is 6.54 Å². The van der Waals surface area contributed by atoms with Crippen molar-refractivity contribution in [3.05, 3.63) is 30.3 Å². The highest BCUT2D eigenvalue weighted by Gasteiger charge is 2.22. The summed E-state index contributed by atoms with van der Waals surface area (Å²) in [6, 6.07) is 5.57. The smallest absolute Gasteiger partial charge is 0.241 e. The summed E-state index contributed by atoms with van der Waals surface area (Å²) in [7, 11) is 0. The van der Waals surface area contributed by atoms with Gasteiger partial charge in [-0.05, 0) is 18.6 Å². The monoisotopic (exact) mass is 246 g/mol. The molecule has 1 fully saturated rings.